The predicted molar refractivity (Wildman–Crippen MR) is 105 cm³/mol. The number of thiophene rings is 1. The normalized spacial score (nSPS) is 10.7. The van der Waals surface area contributed by atoms with Crippen LogP contribution in [0.4, 0.5) is 5.69 Å². The lowest BCUT2D eigenvalue weighted by Crippen LogP contribution is -2.14. The molecule has 0 saturated heterocycles. The van der Waals surface area contributed by atoms with Crippen LogP contribution in [-0.4, -0.2) is 33.5 Å². The molecule has 0 aliphatic heterocycles. The van der Waals surface area contributed by atoms with E-state index >= 15 is 0 Å². The number of ether oxygens (including phenoxy) is 1. The largest absolute Gasteiger partial charge is 0.495 e. The van der Waals surface area contributed by atoms with E-state index in [1.54, 1.807) is 36.6 Å². The zero-order valence-corrected chi connectivity index (χ0v) is 16.6. The van der Waals surface area contributed by atoms with Crippen molar-refractivity contribution in [2.45, 2.75) is 11.6 Å². The average Bonchev–Trinajstić information content (AvgIpc) is 3.25. The maximum atomic E-state index is 12.2. The SMILES string of the molecule is COc1ccc(NC(=O)CSc2nnc(Cc3cccs3)n2C)cc1Cl. The molecule has 0 bridgehead atoms. The molecule has 9 heteroatoms. The quantitative estimate of drug-likeness (QED) is 0.601. The number of aromatic nitrogens is 3. The molecular formula is C17H17ClN4O2S2. The monoisotopic (exact) mass is 408 g/mol. The summed E-state index contributed by atoms with van der Waals surface area (Å²) in [6.45, 7) is 0. The molecule has 26 heavy (non-hydrogen) atoms. The Bertz CT molecular complexity index is 896. The minimum atomic E-state index is -0.140. The van der Waals surface area contributed by atoms with Crippen LogP contribution in [0.2, 0.25) is 5.02 Å². The topological polar surface area (TPSA) is 69.0 Å². The second-order valence-corrected chi connectivity index (χ2v) is 7.78. The van der Waals surface area contributed by atoms with Gasteiger partial charge in [-0.3, -0.25) is 4.79 Å². The Morgan fingerprint density at radius 1 is 1.38 bits per heavy atom. The molecule has 1 aromatic carbocycles. The molecule has 2 heterocycles. The molecule has 1 amide bonds. The molecule has 0 saturated carbocycles. The van der Waals surface area contributed by atoms with Crippen molar-refractivity contribution in [3.05, 3.63) is 51.4 Å². The van der Waals surface area contributed by atoms with Gasteiger partial charge in [-0.2, -0.15) is 0 Å². The lowest BCUT2D eigenvalue weighted by atomic mass is 10.3. The maximum Gasteiger partial charge on any atom is 0.234 e. The first-order valence-corrected chi connectivity index (χ1v) is 9.98. The number of carbonyl (C=O) groups is 1. The van der Waals surface area contributed by atoms with Crippen molar-refractivity contribution in [2.24, 2.45) is 7.05 Å². The van der Waals surface area contributed by atoms with E-state index in [4.69, 9.17) is 16.3 Å². The predicted octanol–water partition coefficient (Wildman–Crippen LogP) is 3.86. The Morgan fingerprint density at radius 2 is 2.23 bits per heavy atom. The van der Waals surface area contributed by atoms with E-state index in [9.17, 15) is 4.79 Å². The van der Waals surface area contributed by atoms with Crippen molar-refractivity contribution in [3.63, 3.8) is 0 Å². The highest BCUT2D eigenvalue weighted by molar-refractivity contribution is 7.99. The van der Waals surface area contributed by atoms with Crippen molar-refractivity contribution in [1.82, 2.24) is 14.8 Å². The van der Waals surface area contributed by atoms with Crippen molar-refractivity contribution in [1.29, 1.82) is 0 Å². The molecule has 0 aliphatic rings. The molecule has 0 fully saturated rings. The Labute approximate surface area is 164 Å². The number of methoxy groups -OCH3 is 1. The standard InChI is InChI=1S/C17H17ClN4O2S2/c1-22-15(9-12-4-3-7-25-12)20-21-17(22)26-10-16(23)19-11-5-6-14(24-2)13(18)8-11/h3-8H,9-10H2,1-2H3,(H,19,23). The summed E-state index contributed by atoms with van der Waals surface area (Å²) in [5, 5.41) is 14.4. The molecule has 0 atom stereocenters. The second-order valence-electron chi connectivity index (χ2n) is 5.40. The Morgan fingerprint density at radius 3 is 2.92 bits per heavy atom. The van der Waals surface area contributed by atoms with Crippen LogP contribution >= 0.6 is 34.7 Å². The van der Waals surface area contributed by atoms with Gasteiger partial charge >= 0.3 is 0 Å². The van der Waals surface area contributed by atoms with E-state index in [1.807, 2.05) is 23.1 Å². The van der Waals surface area contributed by atoms with E-state index in [2.05, 4.69) is 21.6 Å². The Balaban J connectivity index is 1.56. The van der Waals surface area contributed by atoms with Crippen molar-refractivity contribution in [2.75, 3.05) is 18.2 Å². The summed E-state index contributed by atoms with van der Waals surface area (Å²) in [6, 6.07) is 9.20. The highest BCUT2D eigenvalue weighted by atomic mass is 35.5. The Kier molecular flexibility index (Phi) is 6.18. The third-order valence-corrected chi connectivity index (χ3v) is 5.80. The minimum Gasteiger partial charge on any atom is -0.495 e. The zero-order chi connectivity index (χ0) is 18.5. The first-order valence-electron chi connectivity index (χ1n) is 7.73. The summed E-state index contributed by atoms with van der Waals surface area (Å²) in [6.07, 6.45) is 0.734. The van der Waals surface area contributed by atoms with Crippen LogP contribution < -0.4 is 10.1 Å². The van der Waals surface area contributed by atoms with Crippen molar-refractivity contribution < 1.29 is 9.53 Å². The van der Waals surface area contributed by atoms with Crippen LogP contribution in [-0.2, 0) is 18.3 Å². The van der Waals surface area contributed by atoms with Crippen LogP contribution in [0.5, 0.6) is 5.75 Å². The van der Waals surface area contributed by atoms with Gasteiger partial charge in [0.2, 0.25) is 5.91 Å². The number of carbonyl (C=O) groups excluding carboxylic acids is 1. The van der Waals surface area contributed by atoms with Gasteiger partial charge in [0.1, 0.15) is 11.6 Å². The van der Waals surface area contributed by atoms with Crippen molar-refractivity contribution in [3.8, 4) is 5.75 Å². The maximum absolute atomic E-state index is 12.2. The number of anilines is 1. The molecule has 0 radical (unpaired) electrons. The van der Waals surface area contributed by atoms with E-state index in [1.165, 1.54) is 16.6 Å². The molecule has 0 spiro atoms. The summed E-state index contributed by atoms with van der Waals surface area (Å²) >= 11 is 9.10. The summed E-state index contributed by atoms with van der Waals surface area (Å²) in [7, 11) is 3.45. The van der Waals surface area contributed by atoms with Gasteiger partial charge in [-0.05, 0) is 29.6 Å². The van der Waals surface area contributed by atoms with Gasteiger partial charge in [-0.25, -0.2) is 0 Å². The number of nitrogens with zero attached hydrogens (tertiary/aromatic N) is 3. The van der Waals surface area contributed by atoms with E-state index in [0.717, 1.165) is 12.2 Å². The molecule has 136 valence electrons. The first kappa shape index (κ1) is 18.8. The fraction of sp³-hybridized carbons (Fsp3) is 0.235. The average molecular weight is 409 g/mol. The third kappa shape index (κ3) is 4.57. The van der Waals surface area contributed by atoms with Crippen LogP contribution in [0.25, 0.3) is 0 Å². The molecule has 2 aromatic heterocycles. The molecule has 3 aromatic rings. The number of benzene rings is 1. The van der Waals surface area contributed by atoms with Gasteiger partial charge in [-0.1, -0.05) is 29.4 Å². The molecule has 6 nitrogen and oxygen atoms in total. The number of hydrogen-bond donors (Lipinski definition) is 1. The van der Waals surface area contributed by atoms with Crippen LogP contribution in [0.1, 0.15) is 10.7 Å². The number of hydrogen-bond acceptors (Lipinski definition) is 6. The van der Waals surface area contributed by atoms with E-state index < -0.39 is 0 Å². The fourth-order valence-electron chi connectivity index (χ4n) is 2.26. The molecule has 1 N–H and O–H groups in total. The zero-order valence-electron chi connectivity index (χ0n) is 14.2. The molecular weight excluding hydrogens is 392 g/mol. The van der Waals surface area contributed by atoms with Gasteiger partial charge in [-0.15, -0.1) is 21.5 Å². The van der Waals surface area contributed by atoms with Gasteiger partial charge in [0.25, 0.3) is 0 Å². The van der Waals surface area contributed by atoms with Crippen LogP contribution in [0.15, 0.2) is 40.9 Å². The molecule has 0 aliphatic carbocycles. The van der Waals surface area contributed by atoms with Gasteiger partial charge in [0, 0.05) is 24.0 Å². The van der Waals surface area contributed by atoms with E-state index in [0.29, 0.717) is 21.6 Å². The number of amides is 1. The van der Waals surface area contributed by atoms with Crippen LogP contribution in [0, 0.1) is 0 Å². The van der Waals surface area contributed by atoms with Crippen LogP contribution in [0.3, 0.4) is 0 Å². The van der Waals surface area contributed by atoms with Gasteiger partial charge < -0.3 is 14.6 Å². The smallest absolute Gasteiger partial charge is 0.234 e. The number of nitrogens with one attached hydrogen (secondary N) is 1. The van der Waals surface area contributed by atoms with Crippen molar-refractivity contribution >= 4 is 46.3 Å². The summed E-state index contributed by atoms with van der Waals surface area (Å²) in [4.78, 5) is 13.4. The highest BCUT2D eigenvalue weighted by Crippen LogP contribution is 2.27. The fourth-order valence-corrected chi connectivity index (χ4v) is 3.95. The first-order chi connectivity index (χ1) is 12.6. The molecule has 0 unspecified atom stereocenters. The highest BCUT2D eigenvalue weighted by Gasteiger charge is 2.13. The Hall–Kier alpha value is -2.03. The lowest BCUT2D eigenvalue weighted by Gasteiger charge is -2.08. The second kappa shape index (κ2) is 8.57. The van der Waals surface area contributed by atoms with E-state index in [-0.39, 0.29) is 11.7 Å². The third-order valence-electron chi connectivity index (χ3n) is 3.61. The minimum absolute atomic E-state index is 0.140. The number of rotatable bonds is 7. The molecule has 3 rings (SSSR count). The lowest BCUT2D eigenvalue weighted by molar-refractivity contribution is -0.113. The number of thioether (sulfide) groups is 1. The van der Waals surface area contributed by atoms with Gasteiger partial charge in [0.15, 0.2) is 5.16 Å². The number of halogens is 1. The summed E-state index contributed by atoms with van der Waals surface area (Å²) in [5.41, 5.74) is 0.623. The summed E-state index contributed by atoms with van der Waals surface area (Å²) < 4.78 is 7.02. The van der Waals surface area contributed by atoms with Gasteiger partial charge in [0.05, 0.1) is 17.9 Å². The summed E-state index contributed by atoms with van der Waals surface area (Å²) in [5.74, 6) is 1.53.